The lowest BCUT2D eigenvalue weighted by molar-refractivity contribution is 0.461. The van der Waals surface area contributed by atoms with Crippen LogP contribution in [0.25, 0.3) is 66.6 Å². The van der Waals surface area contributed by atoms with Gasteiger partial charge in [-0.3, -0.25) is 9.13 Å². The normalized spacial score (nSPS) is 11.5. The molecule has 0 saturated heterocycles. The van der Waals surface area contributed by atoms with Gasteiger partial charge in [0.05, 0.1) is 22.1 Å². The summed E-state index contributed by atoms with van der Waals surface area (Å²) in [7, 11) is 0. The maximum atomic E-state index is 6.62. The molecule has 10 aromatic rings. The van der Waals surface area contributed by atoms with Gasteiger partial charge in [0.15, 0.2) is 5.82 Å². The molecule has 5 heterocycles. The monoisotopic (exact) mass is 672 g/mol. The maximum absolute atomic E-state index is 6.62. The van der Waals surface area contributed by atoms with E-state index in [2.05, 4.69) is 89.7 Å². The van der Waals surface area contributed by atoms with E-state index < -0.39 is 0 Å². The molecule has 0 amide bonds. The number of nitrogens with zero attached hydrogens (tertiary/aromatic N) is 6. The summed E-state index contributed by atoms with van der Waals surface area (Å²) >= 11 is 0. The predicted octanol–water partition coefficient (Wildman–Crippen LogP) is 10.7. The summed E-state index contributed by atoms with van der Waals surface area (Å²) in [6.07, 6.45) is 7.08. The van der Waals surface area contributed by atoms with Crippen molar-refractivity contribution in [1.29, 1.82) is 0 Å². The number of ether oxygens (including phenoxy) is 2. The van der Waals surface area contributed by atoms with Crippen LogP contribution in [0.1, 0.15) is 0 Å². The average molecular weight is 673 g/mol. The number of hydrogen-bond donors (Lipinski definition) is 0. The number of hydrogen-bond acceptors (Lipinski definition) is 6. The van der Waals surface area contributed by atoms with Gasteiger partial charge in [0.25, 0.3) is 0 Å². The first-order valence-corrected chi connectivity index (χ1v) is 16.9. The third kappa shape index (κ3) is 5.09. The van der Waals surface area contributed by atoms with Crippen LogP contribution < -0.4 is 9.47 Å². The standard InChI is InChI=1S/C44H28N6O2/c1-3-12-38-34(10-1)36-18-16-30(27-40(36)49(38)42-14-5-7-20-45-42)51-32-24-29(44-47-22-9-23-48-44)25-33(26-32)52-31-17-19-37-35-11-2-4-13-39(35)50(41(37)28-31)43-15-6-8-21-46-43/h1-28H. The van der Waals surface area contributed by atoms with Crippen molar-refractivity contribution in [3.63, 3.8) is 0 Å². The summed E-state index contributed by atoms with van der Waals surface area (Å²) in [6, 6.07) is 48.5. The highest BCUT2D eigenvalue weighted by atomic mass is 16.5. The SMILES string of the molecule is c1ccc(-n2c3ccccc3c3ccc(Oc4cc(Oc5ccc6c7ccccc7n(-c7ccccn7)c6c5)cc(-c5ncccn5)c4)cc32)nc1. The van der Waals surface area contributed by atoms with E-state index in [4.69, 9.17) is 9.47 Å². The lowest BCUT2D eigenvalue weighted by Gasteiger charge is -2.13. The van der Waals surface area contributed by atoms with E-state index in [0.717, 1.165) is 60.8 Å². The second-order valence-corrected chi connectivity index (χ2v) is 12.4. The number of para-hydroxylation sites is 2. The first-order chi connectivity index (χ1) is 25.8. The van der Waals surface area contributed by atoms with Crippen LogP contribution in [0, 0.1) is 0 Å². The van der Waals surface area contributed by atoms with Crippen molar-refractivity contribution in [2.75, 3.05) is 0 Å². The Labute approximate surface area is 297 Å². The fourth-order valence-corrected chi connectivity index (χ4v) is 7.03. The molecular formula is C44H28N6O2. The summed E-state index contributed by atoms with van der Waals surface area (Å²) in [5.74, 6) is 4.76. The Bertz CT molecular complexity index is 2730. The number of rotatable bonds is 7. The average Bonchev–Trinajstić information content (AvgIpc) is 3.71. The van der Waals surface area contributed by atoms with Crippen molar-refractivity contribution in [2.24, 2.45) is 0 Å². The molecule has 0 aliphatic rings. The van der Waals surface area contributed by atoms with Gasteiger partial charge < -0.3 is 9.47 Å². The fraction of sp³-hybridized carbons (Fsp3) is 0. The summed E-state index contributed by atoms with van der Waals surface area (Å²) in [4.78, 5) is 18.4. The van der Waals surface area contributed by atoms with Gasteiger partial charge in [-0.05, 0) is 78.9 Å². The Balaban J connectivity index is 1.07. The molecule has 246 valence electrons. The molecule has 0 aliphatic heterocycles. The summed E-state index contributed by atoms with van der Waals surface area (Å²) < 4.78 is 17.6. The zero-order valence-corrected chi connectivity index (χ0v) is 27.7. The van der Waals surface area contributed by atoms with Crippen molar-refractivity contribution in [3.05, 3.63) is 170 Å². The van der Waals surface area contributed by atoms with Crippen LogP contribution in [0.2, 0.25) is 0 Å². The number of benzene rings is 5. The number of pyridine rings is 2. The molecule has 8 nitrogen and oxygen atoms in total. The molecule has 0 unspecified atom stereocenters. The minimum absolute atomic E-state index is 0.564. The van der Waals surface area contributed by atoms with E-state index >= 15 is 0 Å². The lowest BCUT2D eigenvalue weighted by Crippen LogP contribution is -1.97. The smallest absolute Gasteiger partial charge is 0.159 e. The molecule has 0 fully saturated rings. The van der Waals surface area contributed by atoms with Crippen LogP contribution in [0.4, 0.5) is 0 Å². The Hall–Kier alpha value is -7.32. The second kappa shape index (κ2) is 12.2. The number of aromatic nitrogens is 6. The van der Waals surface area contributed by atoms with E-state index in [1.807, 2.05) is 91.3 Å². The van der Waals surface area contributed by atoms with Gasteiger partial charge in [-0.25, -0.2) is 19.9 Å². The molecule has 0 aliphatic carbocycles. The van der Waals surface area contributed by atoms with Crippen LogP contribution >= 0.6 is 0 Å². The van der Waals surface area contributed by atoms with Gasteiger partial charge in [0.1, 0.15) is 34.6 Å². The van der Waals surface area contributed by atoms with E-state index in [1.165, 1.54) is 0 Å². The molecule has 0 atom stereocenters. The van der Waals surface area contributed by atoms with Crippen molar-refractivity contribution < 1.29 is 9.47 Å². The molecule has 0 radical (unpaired) electrons. The Morgan fingerprint density at radius 3 is 1.31 bits per heavy atom. The Kier molecular flexibility index (Phi) is 6.95. The highest BCUT2D eigenvalue weighted by Crippen LogP contribution is 2.39. The van der Waals surface area contributed by atoms with E-state index in [-0.39, 0.29) is 0 Å². The van der Waals surface area contributed by atoms with Crippen molar-refractivity contribution in [3.8, 4) is 46.0 Å². The van der Waals surface area contributed by atoms with Crippen LogP contribution in [0.5, 0.6) is 23.0 Å². The van der Waals surface area contributed by atoms with Gasteiger partial charge in [-0.2, -0.15) is 0 Å². The minimum atomic E-state index is 0.564. The third-order valence-corrected chi connectivity index (χ3v) is 9.22. The van der Waals surface area contributed by atoms with E-state index in [9.17, 15) is 0 Å². The summed E-state index contributed by atoms with van der Waals surface area (Å²) in [5.41, 5.74) is 4.90. The van der Waals surface area contributed by atoms with Gasteiger partial charge in [-0.15, -0.1) is 0 Å². The first kappa shape index (κ1) is 29.6. The largest absolute Gasteiger partial charge is 0.457 e. The highest BCUT2D eigenvalue weighted by Gasteiger charge is 2.17. The Morgan fingerprint density at radius 1 is 0.346 bits per heavy atom. The third-order valence-electron chi connectivity index (χ3n) is 9.22. The van der Waals surface area contributed by atoms with Gasteiger partial charge >= 0.3 is 0 Å². The zero-order valence-electron chi connectivity index (χ0n) is 27.7. The maximum Gasteiger partial charge on any atom is 0.159 e. The van der Waals surface area contributed by atoms with Gasteiger partial charge in [0.2, 0.25) is 0 Å². The molecule has 0 bridgehead atoms. The molecule has 8 heteroatoms. The fourth-order valence-electron chi connectivity index (χ4n) is 7.03. The van der Waals surface area contributed by atoms with Crippen molar-refractivity contribution in [2.45, 2.75) is 0 Å². The van der Waals surface area contributed by atoms with Crippen LogP contribution in [0.3, 0.4) is 0 Å². The number of fused-ring (bicyclic) bond motifs is 6. The van der Waals surface area contributed by atoms with Crippen LogP contribution in [-0.4, -0.2) is 29.1 Å². The molecule has 52 heavy (non-hydrogen) atoms. The molecular weight excluding hydrogens is 645 g/mol. The van der Waals surface area contributed by atoms with Gasteiger partial charge in [0, 0.05) is 70.1 Å². The predicted molar refractivity (Wildman–Crippen MR) is 205 cm³/mol. The Morgan fingerprint density at radius 2 is 0.808 bits per heavy atom. The zero-order chi connectivity index (χ0) is 34.4. The quantitative estimate of drug-likeness (QED) is 0.168. The second-order valence-electron chi connectivity index (χ2n) is 12.4. The minimum Gasteiger partial charge on any atom is -0.457 e. The molecule has 5 aromatic carbocycles. The van der Waals surface area contributed by atoms with E-state index in [1.54, 1.807) is 18.5 Å². The summed E-state index contributed by atoms with van der Waals surface area (Å²) in [5, 5.41) is 4.52. The van der Waals surface area contributed by atoms with E-state index in [0.29, 0.717) is 28.8 Å². The molecule has 10 rings (SSSR count). The molecule has 0 spiro atoms. The highest BCUT2D eigenvalue weighted by molar-refractivity contribution is 6.10. The summed E-state index contributed by atoms with van der Waals surface area (Å²) in [6.45, 7) is 0. The molecule has 5 aromatic heterocycles. The van der Waals surface area contributed by atoms with Crippen LogP contribution in [-0.2, 0) is 0 Å². The lowest BCUT2D eigenvalue weighted by atomic mass is 10.1. The van der Waals surface area contributed by atoms with Crippen molar-refractivity contribution >= 4 is 43.6 Å². The van der Waals surface area contributed by atoms with Gasteiger partial charge in [-0.1, -0.05) is 48.5 Å². The van der Waals surface area contributed by atoms with Crippen molar-refractivity contribution in [1.82, 2.24) is 29.1 Å². The molecule has 0 N–H and O–H groups in total. The van der Waals surface area contributed by atoms with Crippen LogP contribution in [0.15, 0.2) is 170 Å². The molecule has 0 saturated carbocycles. The topological polar surface area (TPSA) is 79.9 Å². The first-order valence-electron chi connectivity index (χ1n) is 16.9.